The number of piperidine rings is 1. The lowest BCUT2D eigenvalue weighted by Gasteiger charge is -2.40. The van der Waals surface area contributed by atoms with Gasteiger partial charge in [0.15, 0.2) is 0 Å². The Bertz CT molecular complexity index is 551. The zero-order valence-corrected chi connectivity index (χ0v) is 16.0. The molecule has 2 saturated heterocycles. The van der Waals surface area contributed by atoms with E-state index >= 15 is 0 Å². The first-order valence-electron chi connectivity index (χ1n) is 8.93. The highest BCUT2D eigenvalue weighted by molar-refractivity contribution is 5.92. The molecule has 0 bridgehead atoms. The van der Waals surface area contributed by atoms with Crippen molar-refractivity contribution in [3.05, 3.63) is 18.0 Å². The van der Waals surface area contributed by atoms with E-state index in [2.05, 4.69) is 34.5 Å². The van der Waals surface area contributed by atoms with Crippen molar-refractivity contribution >= 4 is 18.3 Å². The van der Waals surface area contributed by atoms with Crippen LogP contribution in [-0.4, -0.2) is 72.1 Å². The molecule has 142 valence electrons. The lowest BCUT2D eigenvalue weighted by atomic mass is 10.0. The second-order valence-corrected chi connectivity index (χ2v) is 7.28. The number of halogens is 1. The number of nitrogens with one attached hydrogen (secondary N) is 2. The van der Waals surface area contributed by atoms with Crippen LogP contribution in [0.2, 0.25) is 0 Å². The van der Waals surface area contributed by atoms with Crippen molar-refractivity contribution in [3.8, 4) is 0 Å². The van der Waals surface area contributed by atoms with Crippen molar-refractivity contribution < 1.29 is 9.53 Å². The maximum atomic E-state index is 12.4. The number of amides is 1. The molecule has 8 heteroatoms. The zero-order valence-electron chi connectivity index (χ0n) is 15.2. The van der Waals surface area contributed by atoms with Crippen LogP contribution in [0.1, 0.15) is 43.2 Å². The maximum Gasteiger partial charge on any atom is 0.271 e. The second kappa shape index (κ2) is 8.98. The molecule has 1 aromatic rings. The van der Waals surface area contributed by atoms with Crippen LogP contribution in [-0.2, 0) is 4.74 Å². The van der Waals surface area contributed by atoms with Crippen LogP contribution in [0.4, 0.5) is 0 Å². The number of nitrogens with zero attached hydrogens (tertiary/aromatic N) is 3. The number of carbonyl (C=O) groups is 1. The molecule has 0 spiro atoms. The topological polar surface area (TPSA) is 71.4 Å². The number of hydrogen-bond donors (Lipinski definition) is 2. The van der Waals surface area contributed by atoms with Crippen LogP contribution in [0.25, 0.3) is 0 Å². The summed E-state index contributed by atoms with van der Waals surface area (Å²) in [4.78, 5) is 14.8. The number of hydrogen-bond acceptors (Lipinski definition) is 5. The molecule has 25 heavy (non-hydrogen) atoms. The standard InChI is InChI=1S/C17H29N5O2.ClH/c1-17(2,21-8-10-24-11-9-21)13-19-16(23)15-5-7-22(20-15)14-4-3-6-18-12-14;/h5,7,14,18H,3-4,6,8-13H2,1-2H3,(H,19,23);1H. The van der Waals surface area contributed by atoms with E-state index in [1.807, 2.05) is 16.9 Å². The molecule has 0 saturated carbocycles. The molecule has 1 amide bonds. The summed E-state index contributed by atoms with van der Waals surface area (Å²) in [5, 5.41) is 10.9. The Morgan fingerprint density at radius 3 is 2.88 bits per heavy atom. The van der Waals surface area contributed by atoms with Crippen molar-refractivity contribution in [2.45, 2.75) is 38.3 Å². The maximum absolute atomic E-state index is 12.4. The van der Waals surface area contributed by atoms with Gasteiger partial charge in [-0.2, -0.15) is 5.10 Å². The average Bonchev–Trinajstić information content (AvgIpc) is 3.11. The molecule has 0 aliphatic carbocycles. The van der Waals surface area contributed by atoms with Gasteiger partial charge < -0.3 is 15.4 Å². The SMILES string of the molecule is CC(C)(CNC(=O)c1ccn(C2CCCNC2)n1)N1CCOCC1.Cl. The summed E-state index contributed by atoms with van der Waals surface area (Å²) in [6.07, 6.45) is 4.18. The lowest BCUT2D eigenvalue weighted by molar-refractivity contribution is -0.00924. The number of carbonyl (C=O) groups excluding carboxylic acids is 1. The molecule has 2 N–H and O–H groups in total. The quantitative estimate of drug-likeness (QED) is 0.810. The van der Waals surface area contributed by atoms with E-state index in [1.54, 1.807) is 0 Å². The van der Waals surface area contributed by atoms with Gasteiger partial charge in [-0.25, -0.2) is 0 Å². The summed E-state index contributed by atoms with van der Waals surface area (Å²) in [6.45, 7) is 10.3. The third kappa shape index (κ3) is 5.17. The van der Waals surface area contributed by atoms with Crippen LogP contribution in [0, 0.1) is 0 Å². The number of rotatable bonds is 5. The fraction of sp³-hybridized carbons (Fsp3) is 0.765. The Morgan fingerprint density at radius 1 is 1.44 bits per heavy atom. The minimum absolute atomic E-state index is 0. The van der Waals surface area contributed by atoms with Crippen molar-refractivity contribution in [1.29, 1.82) is 0 Å². The van der Waals surface area contributed by atoms with Gasteiger partial charge in [0.1, 0.15) is 5.69 Å². The predicted molar refractivity (Wildman–Crippen MR) is 99.4 cm³/mol. The third-order valence-electron chi connectivity index (χ3n) is 5.03. The van der Waals surface area contributed by atoms with Crippen LogP contribution in [0.3, 0.4) is 0 Å². The molecule has 7 nitrogen and oxygen atoms in total. The molecule has 2 aliphatic heterocycles. The molecule has 1 atom stereocenters. The lowest BCUT2D eigenvalue weighted by Crippen LogP contribution is -2.55. The van der Waals surface area contributed by atoms with Crippen molar-refractivity contribution in [3.63, 3.8) is 0 Å². The summed E-state index contributed by atoms with van der Waals surface area (Å²) in [5.41, 5.74) is 0.410. The number of aromatic nitrogens is 2. The third-order valence-corrected chi connectivity index (χ3v) is 5.03. The highest BCUT2D eigenvalue weighted by Gasteiger charge is 2.29. The average molecular weight is 372 g/mol. The first kappa shape index (κ1) is 20.2. The van der Waals surface area contributed by atoms with Crippen LogP contribution in [0.5, 0.6) is 0 Å². The summed E-state index contributed by atoms with van der Waals surface area (Å²) in [6, 6.07) is 2.16. The summed E-state index contributed by atoms with van der Waals surface area (Å²) in [7, 11) is 0. The van der Waals surface area contributed by atoms with Crippen LogP contribution >= 0.6 is 12.4 Å². The van der Waals surface area contributed by atoms with Gasteiger partial charge in [-0.05, 0) is 39.3 Å². The fourth-order valence-corrected chi connectivity index (χ4v) is 3.39. The molecule has 3 rings (SSSR count). The Hall–Kier alpha value is -1.15. The molecule has 1 unspecified atom stereocenters. The predicted octanol–water partition coefficient (Wildman–Crippen LogP) is 1.07. The first-order valence-corrected chi connectivity index (χ1v) is 8.93. The van der Waals surface area contributed by atoms with Gasteiger partial charge >= 0.3 is 0 Å². The van der Waals surface area contributed by atoms with E-state index in [4.69, 9.17) is 4.74 Å². The molecule has 1 aromatic heterocycles. The van der Waals surface area contributed by atoms with E-state index in [0.717, 1.165) is 52.2 Å². The van der Waals surface area contributed by atoms with Crippen LogP contribution in [0.15, 0.2) is 12.3 Å². The van der Waals surface area contributed by atoms with Gasteiger partial charge in [-0.3, -0.25) is 14.4 Å². The Labute approximate surface area is 155 Å². The first-order chi connectivity index (χ1) is 11.6. The fourth-order valence-electron chi connectivity index (χ4n) is 3.39. The second-order valence-electron chi connectivity index (χ2n) is 7.28. The number of ether oxygens (including phenoxy) is 1. The number of morpholine rings is 1. The molecular weight excluding hydrogens is 342 g/mol. The molecule has 2 fully saturated rings. The normalized spacial score (nSPS) is 22.2. The highest BCUT2D eigenvalue weighted by Crippen LogP contribution is 2.17. The Balaban J connectivity index is 0.00000225. The van der Waals surface area contributed by atoms with E-state index in [1.165, 1.54) is 0 Å². The minimum atomic E-state index is -0.0983. The van der Waals surface area contributed by atoms with Gasteiger partial charge in [0.25, 0.3) is 5.91 Å². The van der Waals surface area contributed by atoms with E-state index < -0.39 is 0 Å². The van der Waals surface area contributed by atoms with Gasteiger partial charge in [-0.15, -0.1) is 12.4 Å². The molecular formula is C17H30ClN5O2. The van der Waals surface area contributed by atoms with Gasteiger partial charge in [0.05, 0.1) is 19.3 Å². The Morgan fingerprint density at radius 2 is 2.20 bits per heavy atom. The van der Waals surface area contributed by atoms with E-state index in [9.17, 15) is 4.79 Å². The highest BCUT2D eigenvalue weighted by atomic mass is 35.5. The summed E-state index contributed by atoms with van der Waals surface area (Å²) >= 11 is 0. The van der Waals surface area contributed by atoms with Gasteiger partial charge in [0.2, 0.25) is 0 Å². The summed E-state index contributed by atoms with van der Waals surface area (Å²) in [5.74, 6) is -0.0983. The largest absolute Gasteiger partial charge is 0.379 e. The van der Waals surface area contributed by atoms with Crippen LogP contribution < -0.4 is 10.6 Å². The summed E-state index contributed by atoms with van der Waals surface area (Å²) < 4.78 is 7.33. The molecule has 0 radical (unpaired) electrons. The van der Waals surface area contributed by atoms with E-state index in [0.29, 0.717) is 18.3 Å². The van der Waals surface area contributed by atoms with Crippen molar-refractivity contribution in [1.82, 2.24) is 25.3 Å². The smallest absolute Gasteiger partial charge is 0.271 e. The van der Waals surface area contributed by atoms with Crippen molar-refractivity contribution in [2.75, 3.05) is 45.9 Å². The van der Waals surface area contributed by atoms with Gasteiger partial charge in [0, 0.05) is 37.9 Å². The molecule has 3 heterocycles. The Kier molecular flexibility index (Phi) is 7.25. The zero-order chi connectivity index (χ0) is 17.0. The minimum Gasteiger partial charge on any atom is -0.379 e. The van der Waals surface area contributed by atoms with E-state index in [-0.39, 0.29) is 23.9 Å². The monoisotopic (exact) mass is 371 g/mol. The molecule has 0 aromatic carbocycles. The van der Waals surface area contributed by atoms with Crippen molar-refractivity contribution in [2.24, 2.45) is 0 Å². The van der Waals surface area contributed by atoms with Gasteiger partial charge in [-0.1, -0.05) is 0 Å². The molecule has 2 aliphatic rings.